The van der Waals surface area contributed by atoms with E-state index in [1.165, 1.54) is 0 Å². The average Bonchev–Trinajstić information content (AvgIpc) is 2.94. The molecule has 1 atom stereocenters. The van der Waals surface area contributed by atoms with Gasteiger partial charge in [0.05, 0.1) is 5.69 Å². The van der Waals surface area contributed by atoms with E-state index < -0.39 is 0 Å². The van der Waals surface area contributed by atoms with Gasteiger partial charge in [-0.1, -0.05) is 18.2 Å². The van der Waals surface area contributed by atoms with Gasteiger partial charge in [-0.05, 0) is 25.0 Å². The van der Waals surface area contributed by atoms with E-state index in [1.807, 2.05) is 25.1 Å². The Balaban J connectivity index is 1.68. The number of rotatable bonds is 2. The van der Waals surface area contributed by atoms with E-state index in [-0.39, 0.29) is 11.9 Å². The predicted octanol–water partition coefficient (Wildman–Crippen LogP) is 1.98. The largest absolute Gasteiger partial charge is 0.487 e. The minimum absolute atomic E-state index is 0.0203. The molecule has 1 aromatic carbocycles. The molecule has 1 unspecified atom stereocenters. The van der Waals surface area contributed by atoms with Crippen LogP contribution in [0.4, 0.5) is 5.82 Å². The lowest BCUT2D eigenvalue weighted by molar-refractivity contribution is -0.119. The number of hydrogen-bond donors (Lipinski definition) is 1. The lowest BCUT2D eigenvalue weighted by Crippen LogP contribution is -2.36. The van der Waals surface area contributed by atoms with Gasteiger partial charge in [0.15, 0.2) is 0 Å². The van der Waals surface area contributed by atoms with Gasteiger partial charge < -0.3 is 15.0 Å². The summed E-state index contributed by atoms with van der Waals surface area (Å²) in [6, 6.07) is 8.30. The van der Waals surface area contributed by atoms with Crippen LogP contribution in [0.15, 0.2) is 24.3 Å². The van der Waals surface area contributed by atoms with Gasteiger partial charge in [0, 0.05) is 38.0 Å². The van der Waals surface area contributed by atoms with Gasteiger partial charge in [-0.3, -0.25) is 4.79 Å². The Labute approximate surface area is 147 Å². The number of ether oxygens (including phenoxy) is 1. The van der Waals surface area contributed by atoms with Crippen molar-refractivity contribution in [3.05, 3.63) is 46.9 Å². The molecule has 6 heteroatoms. The number of nitrogens with one attached hydrogen (secondary N) is 1. The smallest absolute Gasteiger partial charge is 0.217 e. The summed E-state index contributed by atoms with van der Waals surface area (Å²) in [7, 11) is 0. The summed E-state index contributed by atoms with van der Waals surface area (Å²) >= 11 is 0. The van der Waals surface area contributed by atoms with E-state index in [2.05, 4.69) is 21.3 Å². The van der Waals surface area contributed by atoms with Crippen LogP contribution in [0.3, 0.4) is 0 Å². The second-order valence-electron chi connectivity index (χ2n) is 6.72. The second-order valence-corrected chi connectivity index (χ2v) is 6.72. The number of para-hydroxylation sites is 1. The Hall–Kier alpha value is -2.63. The van der Waals surface area contributed by atoms with Crippen LogP contribution in [0.1, 0.15) is 36.0 Å². The number of hydrogen-bond acceptors (Lipinski definition) is 5. The minimum atomic E-state index is 0.0203. The number of carbonyl (C=O) groups is 1. The van der Waals surface area contributed by atoms with Gasteiger partial charge in [0.1, 0.15) is 24.0 Å². The summed E-state index contributed by atoms with van der Waals surface area (Å²) < 4.78 is 5.96. The zero-order valence-electron chi connectivity index (χ0n) is 14.6. The fourth-order valence-corrected chi connectivity index (χ4v) is 3.68. The highest BCUT2D eigenvalue weighted by Gasteiger charge is 2.28. The Morgan fingerprint density at radius 2 is 2.16 bits per heavy atom. The zero-order chi connectivity index (χ0) is 17.4. The third-order valence-corrected chi connectivity index (χ3v) is 4.78. The zero-order valence-corrected chi connectivity index (χ0v) is 14.6. The van der Waals surface area contributed by atoms with Crippen molar-refractivity contribution in [2.45, 2.75) is 39.3 Å². The van der Waals surface area contributed by atoms with E-state index >= 15 is 0 Å². The number of aryl methyl sites for hydroxylation is 1. The molecule has 3 heterocycles. The number of anilines is 1. The van der Waals surface area contributed by atoms with Crippen molar-refractivity contribution in [1.29, 1.82) is 0 Å². The van der Waals surface area contributed by atoms with Crippen LogP contribution in [-0.2, 0) is 17.8 Å². The Bertz CT molecular complexity index is 821. The first-order chi connectivity index (χ1) is 12.1. The summed E-state index contributed by atoms with van der Waals surface area (Å²) in [6.07, 6.45) is 1.70. The van der Waals surface area contributed by atoms with Gasteiger partial charge in [0.2, 0.25) is 5.91 Å². The molecular weight excluding hydrogens is 316 g/mol. The topological polar surface area (TPSA) is 67.4 Å². The fraction of sp³-hybridized carbons (Fsp3) is 0.421. The van der Waals surface area contributed by atoms with Crippen LogP contribution in [0.2, 0.25) is 0 Å². The highest BCUT2D eigenvalue weighted by Crippen LogP contribution is 2.33. The highest BCUT2D eigenvalue weighted by atomic mass is 16.5. The quantitative estimate of drug-likeness (QED) is 0.907. The van der Waals surface area contributed by atoms with Crippen LogP contribution >= 0.6 is 0 Å². The molecule has 0 saturated carbocycles. The Kier molecular flexibility index (Phi) is 4.03. The van der Waals surface area contributed by atoms with E-state index in [0.29, 0.717) is 6.61 Å². The molecule has 0 bridgehead atoms. The molecule has 4 rings (SSSR count). The SMILES string of the molecule is CC(=O)NC1CCN(c2nc(C)nc3c2Cc2ccccc2OC3)C1. The van der Waals surface area contributed by atoms with E-state index in [4.69, 9.17) is 9.72 Å². The van der Waals surface area contributed by atoms with Crippen molar-refractivity contribution in [2.24, 2.45) is 0 Å². The maximum absolute atomic E-state index is 11.3. The molecule has 0 spiro atoms. The number of nitrogens with zero attached hydrogens (tertiary/aromatic N) is 3. The highest BCUT2D eigenvalue weighted by molar-refractivity contribution is 5.73. The van der Waals surface area contributed by atoms with Crippen LogP contribution in [0.25, 0.3) is 0 Å². The molecule has 2 aliphatic heterocycles. The Morgan fingerprint density at radius 1 is 1.32 bits per heavy atom. The molecule has 2 aromatic rings. The number of fused-ring (bicyclic) bond motifs is 2. The second kappa shape index (κ2) is 6.35. The molecule has 6 nitrogen and oxygen atoms in total. The van der Waals surface area contributed by atoms with Crippen molar-refractivity contribution in [1.82, 2.24) is 15.3 Å². The van der Waals surface area contributed by atoms with Crippen LogP contribution < -0.4 is 15.0 Å². The number of aromatic nitrogens is 2. The van der Waals surface area contributed by atoms with E-state index in [9.17, 15) is 4.79 Å². The monoisotopic (exact) mass is 338 g/mol. The molecular formula is C19H22N4O2. The molecule has 0 aliphatic carbocycles. The van der Waals surface area contributed by atoms with Gasteiger partial charge in [-0.25, -0.2) is 9.97 Å². The fourth-order valence-electron chi connectivity index (χ4n) is 3.68. The molecule has 1 amide bonds. The minimum Gasteiger partial charge on any atom is -0.487 e. The van der Waals surface area contributed by atoms with Crippen LogP contribution in [0, 0.1) is 6.92 Å². The normalized spacial score (nSPS) is 18.8. The number of carbonyl (C=O) groups excluding carboxylic acids is 1. The molecule has 2 aliphatic rings. The van der Waals surface area contributed by atoms with Crippen molar-refractivity contribution in [2.75, 3.05) is 18.0 Å². The van der Waals surface area contributed by atoms with Crippen molar-refractivity contribution < 1.29 is 9.53 Å². The molecule has 1 aromatic heterocycles. The molecule has 25 heavy (non-hydrogen) atoms. The lowest BCUT2D eigenvalue weighted by atomic mass is 10.0. The van der Waals surface area contributed by atoms with Crippen LogP contribution in [-0.4, -0.2) is 35.0 Å². The molecule has 1 saturated heterocycles. The van der Waals surface area contributed by atoms with Crippen molar-refractivity contribution >= 4 is 11.7 Å². The summed E-state index contributed by atoms with van der Waals surface area (Å²) in [4.78, 5) is 23.0. The first-order valence-electron chi connectivity index (χ1n) is 8.69. The summed E-state index contributed by atoms with van der Waals surface area (Å²) in [5.41, 5.74) is 3.26. The Morgan fingerprint density at radius 3 is 3.00 bits per heavy atom. The van der Waals surface area contributed by atoms with Gasteiger partial charge in [0.25, 0.3) is 0 Å². The summed E-state index contributed by atoms with van der Waals surface area (Å²) in [5.74, 6) is 2.68. The first kappa shape index (κ1) is 15.9. The third kappa shape index (κ3) is 3.16. The predicted molar refractivity (Wildman–Crippen MR) is 94.8 cm³/mol. The number of benzene rings is 1. The van der Waals surface area contributed by atoms with Crippen molar-refractivity contribution in [3.63, 3.8) is 0 Å². The summed E-state index contributed by atoms with van der Waals surface area (Å²) in [6.45, 7) is 5.62. The third-order valence-electron chi connectivity index (χ3n) is 4.78. The number of amides is 1. The van der Waals surface area contributed by atoms with Crippen molar-refractivity contribution in [3.8, 4) is 5.75 Å². The van der Waals surface area contributed by atoms with Gasteiger partial charge in [-0.2, -0.15) is 0 Å². The standard InChI is InChI=1S/C19H22N4O2/c1-12-20-17-11-25-18-6-4-3-5-14(18)9-16(17)19(21-12)23-8-7-15(10-23)22-13(2)24/h3-6,15H,7-11H2,1-2H3,(H,22,24). The van der Waals surface area contributed by atoms with Gasteiger partial charge in [-0.15, -0.1) is 0 Å². The summed E-state index contributed by atoms with van der Waals surface area (Å²) in [5, 5.41) is 3.02. The van der Waals surface area contributed by atoms with Crippen LogP contribution in [0.5, 0.6) is 5.75 Å². The molecule has 1 N–H and O–H groups in total. The van der Waals surface area contributed by atoms with E-state index in [0.717, 1.165) is 60.1 Å². The lowest BCUT2D eigenvalue weighted by Gasteiger charge is -2.22. The first-order valence-corrected chi connectivity index (χ1v) is 8.69. The molecule has 0 radical (unpaired) electrons. The maximum atomic E-state index is 11.3. The molecule has 1 fully saturated rings. The average molecular weight is 338 g/mol. The maximum Gasteiger partial charge on any atom is 0.217 e. The van der Waals surface area contributed by atoms with E-state index in [1.54, 1.807) is 6.92 Å². The molecule has 130 valence electrons. The van der Waals surface area contributed by atoms with Gasteiger partial charge >= 0.3 is 0 Å².